The van der Waals surface area contributed by atoms with Gasteiger partial charge in [0.1, 0.15) is 11.5 Å². The van der Waals surface area contributed by atoms with Crippen molar-refractivity contribution in [3.63, 3.8) is 0 Å². The molecule has 1 fully saturated rings. The van der Waals surface area contributed by atoms with Crippen molar-refractivity contribution < 1.29 is 4.42 Å². The highest BCUT2D eigenvalue weighted by Gasteiger charge is 2.25. The Bertz CT molecular complexity index is 372. The predicted molar refractivity (Wildman–Crippen MR) is 70.3 cm³/mol. The normalized spacial score (nSPS) is 23.9. The van der Waals surface area contributed by atoms with E-state index in [1.165, 1.54) is 24.9 Å². The third-order valence-electron chi connectivity index (χ3n) is 3.94. The van der Waals surface area contributed by atoms with E-state index in [0.717, 1.165) is 18.1 Å². The number of nitrogens with zero attached hydrogens (tertiary/aromatic N) is 1. The molecule has 0 aliphatic carbocycles. The first-order valence-corrected chi connectivity index (χ1v) is 6.60. The smallest absolute Gasteiger partial charge is 0.105 e. The number of nitrogens with one attached hydrogen (secondary N) is 1. The lowest BCUT2D eigenvalue weighted by Gasteiger charge is -2.36. The van der Waals surface area contributed by atoms with Gasteiger partial charge in [-0.05, 0) is 53.3 Å². The lowest BCUT2D eigenvalue weighted by atomic mass is 10.0. The first kappa shape index (κ1) is 12.7. The van der Waals surface area contributed by atoms with Crippen LogP contribution in [0.1, 0.15) is 42.9 Å². The van der Waals surface area contributed by atoms with Gasteiger partial charge in [0.25, 0.3) is 0 Å². The van der Waals surface area contributed by atoms with E-state index in [4.69, 9.17) is 4.42 Å². The van der Waals surface area contributed by atoms with Crippen LogP contribution in [0, 0.1) is 13.8 Å². The van der Waals surface area contributed by atoms with Crippen LogP contribution in [0.5, 0.6) is 0 Å². The predicted octanol–water partition coefficient (Wildman–Crippen LogP) is 2.64. The first-order valence-electron chi connectivity index (χ1n) is 6.60. The van der Waals surface area contributed by atoms with E-state index in [1.54, 1.807) is 0 Å². The molecule has 2 unspecified atom stereocenters. The quantitative estimate of drug-likeness (QED) is 0.874. The van der Waals surface area contributed by atoms with E-state index in [0.29, 0.717) is 12.1 Å². The highest BCUT2D eigenvalue weighted by molar-refractivity contribution is 5.23. The summed E-state index contributed by atoms with van der Waals surface area (Å²) in [5.41, 5.74) is 1.35. The molecule has 1 N–H and O–H groups in total. The number of hydrogen-bond donors (Lipinski definition) is 1. The summed E-state index contributed by atoms with van der Waals surface area (Å²) in [5.74, 6) is 2.09. The minimum atomic E-state index is 0.462. The van der Waals surface area contributed by atoms with Crippen LogP contribution in [0.4, 0.5) is 0 Å². The highest BCUT2D eigenvalue weighted by atomic mass is 16.3. The molecule has 1 aromatic heterocycles. The lowest BCUT2D eigenvalue weighted by Crippen LogP contribution is -2.45. The average Bonchev–Trinajstić information content (AvgIpc) is 2.67. The van der Waals surface area contributed by atoms with Gasteiger partial charge < -0.3 is 9.73 Å². The van der Waals surface area contributed by atoms with Gasteiger partial charge >= 0.3 is 0 Å². The Morgan fingerprint density at radius 3 is 2.82 bits per heavy atom. The van der Waals surface area contributed by atoms with E-state index in [2.05, 4.69) is 37.2 Å². The summed E-state index contributed by atoms with van der Waals surface area (Å²) in [6.07, 6.45) is 2.58. The summed E-state index contributed by atoms with van der Waals surface area (Å²) in [4.78, 5) is 2.56. The topological polar surface area (TPSA) is 28.4 Å². The molecule has 1 aliphatic rings. The molecular weight excluding hydrogens is 212 g/mol. The fourth-order valence-corrected chi connectivity index (χ4v) is 2.86. The summed E-state index contributed by atoms with van der Waals surface area (Å²) in [5, 5.41) is 3.39. The van der Waals surface area contributed by atoms with Gasteiger partial charge in [-0.2, -0.15) is 0 Å². The minimum absolute atomic E-state index is 0.462. The van der Waals surface area contributed by atoms with Crippen molar-refractivity contribution in [1.29, 1.82) is 0 Å². The monoisotopic (exact) mass is 236 g/mol. The molecule has 2 atom stereocenters. The van der Waals surface area contributed by atoms with Gasteiger partial charge in [-0.1, -0.05) is 0 Å². The van der Waals surface area contributed by atoms with Crippen molar-refractivity contribution in [2.45, 2.75) is 45.7 Å². The number of rotatable bonds is 3. The van der Waals surface area contributed by atoms with E-state index in [1.807, 2.05) is 6.92 Å². The zero-order valence-corrected chi connectivity index (χ0v) is 11.4. The molecule has 2 rings (SSSR count). The first-order chi connectivity index (χ1) is 8.11. The molecule has 2 heterocycles. The fraction of sp³-hybridized carbons (Fsp3) is 0.714. The molecule has 0 aromatic carbocycles. The lowest BCUT2D eigenvalue weighted by molar-refractivity contribution is 0.148. The van der Waals surface area contributed by atoms with Crippen LogP contribution < -0.4 is 5.32 Å². The van der Waals surface area contributed by atoms with Gasteiger partial charge in [0.15, 0.2) is 0 Å². The van der Waals surface area contributed by atoms with Gasteiger partial charge in [0, 0.05) is 24.2 Å². The standard InChI is InChI=1S/C14H24N2O/c1-10-8-14(12(3)17-10)11(2)16-7-5-6-13(9-16)15-4/h8,11,13,15H,5-7,9H2,1-4H3. The second-order valence-corrected chi connectivity index (χ2v) is 5.17. The fourth-order valence-electron chi connectivity index (χ4n) is 2.86. The Morgan fingerprint density at radius 1 is 1.47 bits per heavy atom. The molecule has 0 spiro atoms. The molecule has 96 valence electrons. The van der Waals surface area contributed by atoms with Gasteiger partial charge in [-0.25, -0.2) is 0 Å². The van der Waals surface area contributed by atoms with Crippen molar-refractivity contribution in [3.05, 3.63) is 23.2 Å². The molecule has 0 saturated carbocycles. The molecule has 3 heteroatoms. The molecule has 1 saturated heterocycles. The number of likely N-dealkylation sites (tertiary alicyclic amines) is 1. The Balaban J connectivity index is 2.08. The third kappa shape index (κ3) is 2.72. The second kappa shape index (κ2) is 5.23. The maximum atomic E-state index is 5.64. The summed E-state index contributed by atoms with van der Waals surface area (Å²) < 4.78 is 5.64. The summed E-state index contributed by atoms with van der Waals surface area (Å²) in [6.45, 7) is 8.72. The van der Waals surface area contributed by atoms with Crippen LogP contribution >= 0.6 is 0 Å². The number of aryl methyl sites for hydroxylation is 2. The van der Waals surface area contributed by atoms with Crippen LogP contribution in [0.2, 0.25) is 0 Å². The Morgan fingerprint density at radius 2 is 2.24 bits per heavy atom. The third-order valence-corrected chi connectivity index (χ3v) is 3.94. The van der Waals surface area contributed by atoms with E-state index in [-0.39, 0.29) is 0 Å². The summed E-state index contributed by atoms with van der Waals surface area (Å²) >= 11 is 0. The largest absolute Gasteiger partial charge is 0.466 e. The van der Waals surface area contributed by atoms with Gasteiger partial charge in [0.2, 0.25) is 0 Å². The Hall–Kier alpha value is -0.800. The van der Waals surface area contributed by atoms with Crippen molar-refractivity contribution in [2.75, 3.05) is 20.1 Å². The van der Waals surface area contributed by atoms with E-state index < -0.39 is 0 Å². The Kier molecular flexibility index (Phi) is 3.89. The van der Waals surface area contributed by atoms with Crippen LogP contribution in [-0.2, 0) is 0 Å². The van der Waals surface area contributed by atoms with E-state index >= 15 is 0 Å². The number of furan rings is 1. The Labute approximate surface area is 104 Å². The van der Waals surface area contributed by atoms with Gasteiger partial charge in [-0.3, -0.25) is 4.90 Å². The molecule has 0 amide bonds. The molecular formula is C14H24N2O. The molecule has 1 aliphatic heterocycles. The maximum absolute atomic E-state index is 5.64. The van der Waals surface area contributed by atoms with Crippen molar-refractivity contribution in [3.8, 4) is 0 Å². The number of likely N-dealkylation sites (N-methyl/N-ethyl adjacent to an activating group) is 1. The summed E-state index contributed by atoms with van der Waals surface area (Å²) in [7, 11) is 2.06. The zero-order valence-electron chi connectivity index (χ0n) is 11.4. The molecule has 0 radical (unpaired) electrons. The molecule has 17 heavy (non-hydrogen) atoms. The molecule has 1 aromatic rings. The molecule has 0 bridgehead atoms. The maximum Gasteiger partial charge on any atom is 0.105 e. The van der Waals surface area contributed by atoms with Crippen LogP contribution in [0.25, 0.3) is 0 Å². The number of hydrogen-bond acceptors (Lipinski definition) is 3. The molecule has 3 nitrogen and oxygen atoms in total. The zero-order chi connectivity index (χ0) is 12.4. The summed E-state index contributed by atoms with van der Waals surface area (Å²) in [6, 6.07) is 3.28. The van der Waals surface area contributed by atoms with Gasteiger partial charge in [0.05, 0.1) is 0 Å². The SMILES string of the molecule is CNC1CCCN(C(C)c2cc(C)oc2C)C1. The van der Waals surface area contributed by atoms with E-state index in [9.17, 15) is 0 Å². The van der Waals surface area contributed by atoms with Crippen LogP contribution in [0.3, 0.4) is 0 Å². The van der Waals surface area contributed by atoms with Crippen LogP contribution in [0.15, 0.2) is 10.5 Å². The minimum Gasteiger partial charge on any atom is -0.466 e. The average molecular weight is 236 g/mol. The van der Waals surface area contributed by atoms with Crippen molar-refractivity contribution >= 4 is 0 Å². The van der Waals surface area contributed by atoms with Crippen molar-refractivity contribution in [1.82, 2.24) is 10.2 Å². The van der Waals surface area contributed by atoms with Crippen molar-refractivity contribution in [2.24, 2.45) is 0 Å². The van der Waals surface area contributed by atoms with Gasteiger partial charge in [-0.15, -0.1) is 0 Å². The number of piperidine rings is 1. The highest BCUT2D eigenvalue weighted by Crippen LogP contribution is 2.28. The second-order valence-electron chi connectivity index (χ2n) is 5.17. The van der Waals surface area contributed by atoms with Crippen LogP contribution in [-0.4, -0.2) is 31.1 Å².